The van der Waals surface area contributed by atoms with Crippen LogP contribution in [-0.4, -0.2) is 16.3 Å². The first-order chi connectivity index (χ1) is 6.16. The molecule has 1 aliphatic heterocycles. The minimum absolute atomic E-state index is 0.308. The molecule has 0 saturated carbocycles. The van der Waals surface area contributed by atoms with Crippen LogP contribution in [-0.2, 0) is 11.2 Å². The van der Waals surface area contributed by atoms with E-state index in [2.05, 4.69) is 0 Å². The summed E-state index contributed by atoms with van der Waals surface area (Å²) in [6, 6.07) is 4.41. The standard InChI is InChI=1S/C9H7FO2S/c10-6-2-1-5-3-8(9(11)12)13-7(5)4-6/h1-2,4,8H,3H2,(H,11,12)/t8-/m1/s1. The van der Waals surface area contributed by atoms with Gasteiger partial charge in [-0.15, -0.1) is 11.8 Å². The average molecular weight is 198 g/mol. The lowest BCUT2D eigenvalue weighted by atomic mass is 10.1. The molecule has 0 spiro atoms. The molecule has 0 aliphatic carbocycles. The molecule has 1 atom stereocenters. The van der Waals surface area contributed by atoms with Crippen LogP contribution in [0, 0.1) is 5.82 Å². The SMILES string of the molecule is O=C(O)[C@H]1Cc2ccc(F)cc2S1. The molecule has 68 valence electrons. The minimum atomic E-state index is -0.832. The third kappa shape index (κ3) is 1.54. The number of carboxylic acid groups (broad SMARTS) is 1. The van der Waals surface area contributed by atoms with Crippen LogP contribution in [0.5, 0.6) is 0 Å². The van der Waals surface area contributed by atoms with E-state index in [1.165, 1.54) is 23.9 Å². The molecule has 1 N–H and O–H groups in total. The van der Waals surface area contributed by atoms with Gasteiger partial charge in [-0.1, -0.05) is 6.07 Å². The van der Waals surface area contributed by atoms with Gasteiger partial charge in [-0.3, -0.25) is 4.79 Å². The van der Waals surface area contributed by atoms with Crippen molar-refractivity contribution in [3.8, 4) is 0 Å². The van der Waals surface area contributed by atoms with Crippen molar-refractivity contribution in [2.75, 3.05) is 0 Å². The predicted molar refractivity (Wildman–Crippen MR) is 47.4 cm³/mol. The molecule has 1 aromatic carbocycles. The lowest BCUT2D eigenvalue weighted by Gasteiger charge is -1.98. The Morgan fingerprint density at radius 3 is 3.08 bits per heavy atom. The third-order valence-electron chi connectivity index (χ3n) is 1.98. The number of halogens is 1. The normalized spacial score (nSPS) is 19.9. The second kappa shape index (κ2) is 3.03. The molecule has 0 saturated heterocycles. The Hall–Kier alpha value is -1.03. The average Bonchev–Trinajstić information content (AvgIpc) is 2.46. The maximum atomic E-state index is 12.7. The number of benzene rings is 1. The maximum Gasteiger partial charge on any atom is 0.317 e. The summed E-state index contributed by atoms with van der Waals surface area (Å²) in [7, 11) is 0. The number of fused-ring (bicyclic) bond motifs is 1. The van der Waals surface area contributed by atoms with Gasteiger partial charge < -0.3 is 5.11 Å². The van der Waals surface area contributed by atoms with Crippen molar-refractivity contribution in [3.63, 3.8) is 0 Å². The summed E-state index contributed by atoms with van der Waals surface area (Å²) in [5.41, 5.74) is 0.929. The lowest BCUT2D eigenvalue weighted by molar-refractivity contribution is -0.136. The van der Waals surface area contributed by atoms with Crippen molar-refractivity contribution in [2.45, 2.75) is 16.6 Å². The molecule has 4 heteroatoms. The van der Waals surface area contributed by atoms with Crippen molar-refractivity contribution >= 4 is 17.7 Å². The van der Waals surface area contributed by atoms with E-state index < -0.39 is 11.2 Å². The topological polar surface area (TPSA) is 37.3 Å². The third-order valence-corrected chi connectivity index (χ3v) is 3.27. The number of thioether (sulfide) groups is 1. The number of rotatable bonds is 1. The first-order valence-electron chi connectivity index (χ1n) is 3.85. The first kappa shape index (κ1) is 8.56. The number of carbonyl (C=O) groups is 1. The van der Waals surface area contributed by atoms with E-state index in [0.29, 0.717) is 6.42 Å². The van der Waals surface area contributed by atoms with Crippen LogP contribution >= 0.6 is 11.8 Å². The Morgan fingerprint density at radius 1 is 1.62 bits per heavy atom. The fraction of sp³-hybridized carbons (Fsp3) is 0.222. The summed E-state index contributed by atoms with van der Waals surface area (Å²) >= 11 is 1.22. The molecule has 2 nitrogen and oxygen atoms in total. The van der Waals surface area contributed by atoms with Crippen molar-refractivity contribution < 1.29 is 14.3 Å². The molecular formula is C9H7FO2S. The van der Waals surface area contributed by atoms with E-state index in [0.717, 1.165) is 10.5 Å². The molecule has 0 radical (unpaired) electrons. The molecule has 1 heterocycles. The number of carboxylic acids is 1. The highest BCUT2D eigenvalue weighted by atomic mass is 32.2. The Bertz CT molecular complexity index is 365. The Labute approximate surface area is 78.8 Å². The molecule has 13 heavy (non-hydrogen) atoms. The summed E-state index contributed by atoms with van der Waals surface area (Å²) in [6.07, 6.45) is 0.496. The summed E-state index contributed by atoms with van der Waals surface area (Å²) in [6.45, 7) is 0. The summed E-state index contributed by atoms with van der Waals surface area (Å²) in [5.74, 6) is -1.14. The molecule has 1 aliphatic rings. The van der Waals surface area contributed by atoms with Gasteiger partial charge in [-0.05, 0) is 24.1 Å². The highest BCUT2D eigenvalue weighted by Crippen LogP contribution is 2.37. The van der Waals surface area contributed by atoms with E-state index in [1.54, 1.807) is 6.07 Å². The van der Waals surface area contributed by atoms with Gasteiger partial charge in [0.2, 0.25) is 0 Å². The van der Waals surface area contributed by atoms with Crippen molar-refractivity contribution in [3.05, 3.63) is 29.6 Å². The maximum absolute atomic E-state index is 12.7. The van der Waals surface area contributed by atoms with Crippen LogP contribution in [0.4, 0.5) is 4.39 Å². The van der Waals surface area contributed by atoms with E-state index >= 15 is 0 Å². The van der Waals surface area contributed by atoms with Crippen LogP contribution in [0.1, 0.15) is 5.56 Å². The highest BCUT2D eigenvalue weighted by molar-refractivity contribution is 8.01. The number of hydrogen-bond acceptors (Lipinski definition) is 2. The van der Waals surface area contributed by atoms with Gasteiger partial charge in [-0.2, -0.15) is 0 Å². The van der Waals surface area contributed by atoms with Crippen LogP contribution in [0.3, 0.4) is 0 Å². The summed E-state index contributed by atoms with van der Waals surface area (Å²) < 4.78 is 12.7. The number of hydrogen-bond donors (Lipinski definition) is 1. The zero-order valence-electron chi connectivity index (χ0n) is 6.66. The first-order valence-corrected chi connectivity index (χ1v) is 4.72. The molecular weight excluding hydrogens is 191 g/mol. The largest absolute Gasteiger partial charge is 0.480 e. The van der Waals surface area contributed by atoms with Gasteiger partial charge in [-0.25, -0.2) is 4.39 Å². The van der Waals surface area contributed by atoms with E-state index in [4.69, 9.17) is 5.11 Å². The zero-order chi connectivity index (χ0) is 9.42. The zero-order valence-corrected chi connectivity index (χ0v) is 7.47. The predicted octanol–water partition coefficient (Wildman–Crippen LogP) is 1.93. The van der Waals surface area contributed by atoms with Gasteiger partial charge in [0.1, 0.15) is 11.1 Å². The van der Waals surface area contributed by atoms with E-state index in [1.807, 2.05) is 0 Å². The monoisotopic (exact) mass is 198 g/mol. The van der Waals surface area contributed by atoms with Gasteiger partial charge >= 0.3 is 5.97 Å². The fourth-order valence-corrected chi connectivity index (χ4v) is 2.49. The molecule has 0 fully saturated rings. The van der Waals surface area contributed by atoms with Crippen molar-refractivity contribution in [2.24, 2.45) is 0 Å². The highest BCUT2D eigenvalue weighted by Gasteiger charge is 2.27. The second-order valence-electron chi connectivity index (χ2n) is 2.90. The molecule has 0 amide bonds. The van der Waals surface area contributed by atoms with Gasteiger partial charge in [0, 0.05) is 4.90 Å². The molecule has 1 aromatic rings. The Balaban J connectivity index is 2.30. The molecule has 0 aromatic heterocycles. The van der Waals surface area contributed by atoms with Crippen molar-refractivity contribution in [1.29, 1.82) is 0 Å². The Morgan fingerprint density at radius 2 is 2.38 bits per heavy atom. The van der Waals surface area contributed by atoms with Gasteiger partial charge in [0.05, 0.1) is 0 Å². The van der Waals surface area contributed by atoms with Crippen LogP contribution in [0.25, 0.3) is 0 Å². The smallest absolute Gasteiger partial charge is 0.317 e. The minimum Gasteiger partial charge on any atom is -0.480 e. The number of aliphatic carboxylic acids is 1. The lowest BCUT2D eigenvalue weighted by Crippen LogP contribution is -2.14. The quantitative estimate of drug-likeness (QED) is 0.749. The van der Waals surface area contributed by atoms with Gasteiger partial charge in [0.15, 0.2) is 0 Å². The molecule has 2 rings (SSSR count). The van der Waals surface area contributed by atoms with E-state index in [9.17, 15) is 9.18 Å². The Kier molecular flexibility index (Phi) is 2.00. The molecule has 0 unspecified atom stereocenters. The van der Waals surface area contributed by atoms with Gasteiger partial charge in [0.25, 0.3) is 0 Å². The van der Waals surface area contributed by atoms with E-state index in [-0.39, 0.29) is 5.82 Å². The summed E-state index contributed by atoms with van der Waals surface area (Å²) in [4.78, 5) is 11.4. The van der Waals surface area contributed by atoms with Crippen LogP contribution < -0.4 is 0 Å². The second-order valence-corrected chi connectivity index (χ2v) is 4.15. The van der Waals surface area contributed by atoms with Crippen molar-refractivity contribution in [1.82, 2.24) is 0 Å². The summed E-state index contributed by atoms with van der Waals surface area (Å²) in [5, 5.41) is 8.29. The van der Waals surface area contributed by atoms with Crippen LogP contribution in [0.15, 0.2) is 23.1 Å². The molecule has 0 bridgehead atoms. The fourth-order valence-electron chi connectivity index (χ4n) is 1.34. The van der Waals surface area contributed by atoms with Crippen LogP contribution in [0.2, 0.25) is 0 Å².